The molecule has 32 heavy (non-hydrogen) atoms. The maximum Gasteiger partial charge on any atom is 0.417 e. The Kier molecular flexibility index (Phi) is 7.24. The van der Waals surface area contributed by atoms with Gasteiger partial charge in [-0.3, -0.25) is 14.6 Å². The molecule has 3 aliphatic rings. The average Bonchev–Trinajstić information content (AvgIpc) is 2.80. The third-order valence-corrected chi connectivity index (χ3v) is 7.26. The summed E-state index contributed by atoms with van der Waals surface area (Å²) in [4.78, 5) is 25.7. The Morgan fingerprint density at radius 1 is 1.03 bits per heavy atom. The summed E-state index contributed by atoms with van der Waals surface area (Å²) >= 11 is 0. The van der Waals surface area contributed by atoms with E-state index in [1.54, 1.807) is 0 Å². The quantitative estimate of drug-likeness (QED) is 0.701. The van der Waals surface area contributed by atoms with E-state index in [1.165, 1.54) is 38.2 Å². The number of carbonyl (C=O) groups excluding carboxylic acids is 1. The van der Waals surface area contributed by atoms with Gasteiger partial charge in [-0.25, -0.2) is 4.98 Å². The topological polar surface area (TPSA) is 42.9 Å². The van der Waals surface area contributed by atoms with Crippen LogP contribution in [0.25, 0.3) is 0 Å². The van der Waals surface area contributed by atoms with Crippen molar-refractivity contribution in [3.8, 4) is 0 Å². The first-order chi connectivity index (χ1) is 15.3. The summed E-state index contributed by atoms with van der Waals surface area (Å²) in [6, 6.07) is 3.34. The molecular weight excluding hydrogens is 419 g/mol. The second-order valence-electron chi connectivity index (χ2n) is 9.38. The molecule has 1 aliphatic carbocycles. The third-order valence-electron chi connectivity index (χ3n) is 7.26. The van der Waals surface area contributed by atoms with Gasteiger partial charge in [-0.2, -0.15) is 13.2 Å². The number of aromatic nitrogens is 1. The molecule has 1 aromatic heterocycles. The van der Waals surface area contributed by atoms with Crippen LogP contribution < -0.4 is 4.90 Å². The molecule has 0 N–H and O–H groups in total. The van der Waals surface area contributed by atoms with Gasteiger partial charge in [-0.05, 0) is 31.9 Å². The van der Waals surface area contributed by atoms with E-state index >= 15 is 0 Å². The first kappa shape index (κ1) is 23.3. The summed E-state index contributed by atoms with van der Waals surface area (Å²) in [5.41, 5.74) is -0.734. The van der Waals surface area contributed by atoms with Gasteiger partial charge in [0.15, 0.2) is 0 Å². The number of pyridine rings is 1. The number of anilines is 1. The normalized spacial score (nSPS) is 24.7. The van der Waals surface area contributed by atoms with Crippen LogP contribution in [0, 0.1) is 0 Å². The van der Waals surface area contributed by atoms with Gasteiger partial charge in [0, 0.05) is 64.1 Å². The van der Waals surface area contributed by atoms with Crippen molar-refractivity contribution in [1.82, 2.24) is 19.7 Å². The monoisotopic (exact) mass is 453 g/mol. The Labute approximate surface area is 188 Å². The van der Waals surface area contributed by atoms with Crippen LogP contribution in [0.3, 0.4) is 0 Å². The van der Waals surface area contributed by atoms with Crippen molar-refractivity contribution < 1.29 is 18.0 Å². The van der Waals surface area contributed by atoms with Gasteiger partial charge in [-0.15, -0.1) is 0 Å². The van der Waals surface area contributed by atoms with Crippen LogP contribution in [0.15, 0.2) is 18.3 Å². The van der Waals surface area contributed by atoms with Crippen LogP contribution in [-0.2, 0) is 11.0 Å². The van der Waals surface area contributed by atoms with Gasteiger partial charge >= 0.3 is 6.18 Å². The largest absolute Gasteiger partial charge is 0.417 e. The number of halogens is 3. The molecule has 0 aromatic carbocycles. The van der Waals surface area contributed by atoms with Crippen molar-refractivity contribution >= 4 is 11.7 Å². The van der Waals surface area contributed by atoms with Gasteiger partial charge in [0.1, 0.15) is 5.82 Å². The van der Waals surface area contributed by atoms with Crippen molar-refractivity contribution in [2.45, 2.75) is 57.3 Å². The van der Waals surface area contributed by atoms with E-state index < -0.39 is 11.7 Å². The maximum absolute atomic E-state index is 12.9. The summed E-state index contributed by atoms with van der Waals surface area (Å²) in [6.07, 6.45) is 3.12. The summed E-state index contributed by atoms with van der Waals surface area (Å²) < 4.78 is 38.3. The third kappa shape index (κ3) is 5.54. The van der Waals surface area contributed by atoms with Crippen LogP contribution >= 0.6 is 0 Å². The molecule has 4 rings (SSSR count). The zero-order valence-corrected chi connectivity index (χ0v) is 18.9. The molecule has 3 fully saturated rings. The van der Waals surface area contributed by atoms with E-state index in [1.807, 2.05) is 9.80 Å². The molecule has 9 heteroatoms. The predicted molar refractivity (Wildman–Crippen MR) is 118 cm³/mol. The number of alkyl halides is 3. The number of rotatable bonds is 4. The molecule has 1 amide bonds. The van der Waals surface area contributed by atoms with E-state index in [4.69, 9.17) is 0 Å². The molecule has 0 radical (unpaired) electrons. The van der Waals surface area contributed by atoms with E-state index in [0.29, 0.717) is 38.0 Å². The minimum absolute atomic E-state index is 0.125. The lowest BCUT2D eigenvalue weighted by Crippen LogP contribution is -2.57. The molecular formula is C23H34F3N5O. The molecule has 2 saturated heterocycles. The molecule has 2 aliphatic heterocycles. The Morgan fingerprint density at radius 2 is 1.75 bits per heavy atom. The van der Waals surface area contributed by atoms with Gasteiger partial charge in [0.2, 0.25) is 5.91 Å². The smallest absolute Gasteiger partial charge is 0.354 e. The van der Waals surface area contributed by atoms with Crippen LogP contribution in [0.5, 0.6) is 0 Å². The van der Waals surface area contributed by atoms with E-state index in [2.05, 4.69) is 21.7 Å². The van der Waals surface area contributed by atoms with Gasteiger partial charge in [-0.1, -0.05) is 19.3 Å². The van der Waals surface area contributed by atoms with Gasteiger partial charge in [0.25, 0.3) is 0 Å². The van der Waals surface area contributed by atoms with E-state index in [0.717, 1.165) is 38.4 Å². The zero-order valence-electron chi connectivity index (χ0n) is 18.9. The van der Waals surface area contributed by atoms with Crippen molar-refractivity contribution in [3.05, 3.63) is 23.9 Å². The van der Waals surface area contributed by atoms with Crippen LogP contribution in [0.1, 0.15) is 44.6 Å². The fourth-order valence-electron chi connectivity index (χ4n) is 5.24. The van der Waals surface area contributed by atoms with Crippen LogP contribution in [0.4, 0.5) is 19.0 Å². The van der Waals surface area contributed by atoms with Crippen molar-refractivity contribution in [2.24, 2.45) is 0 Å². The SMILES string of the molecule is CC1CN(c2ccc(C(F)(F)F)cn2)CCN1CC(=O)N1CCN(C2CCCCC2)CC1. The van der Waals surface area contributed by atoms with E-state index in [9.17, 15) is 18.0 Å². The van der Waals surface area contributed by atoms with Crippen LogP contribution in [-0.4, -0.2) is 90.0 Å². The van der Waals surface area contributed by atoms with Gasteiger partial charge in [0.05, 0.1) is 12.1 Å². The Hall–Kier alpha value is -1.87. The molecule has 1 unspecified atom stereocenters. The fraction of sp³-hybridized carbons (Fsp3) is 0.739. The highest BCUT2D eigenvalue weighted by atomic mass is 19.4. The summed E-state index contributed by atoms with van der Waals surface area (Å²) in [7, 11) is 0. The molecule has 1 saturated carbocycles. The number of nitrogens with zero attached hydrogens (tertiary/aromatic N) is 5. The molecule has 1 atom stereocenters. The number of hydrogen-bond donors (Lipinski definition) is 0. The lowest BCUT2D eigenvalue weighted by Gasteiger charge is -2.43. The Balaban J connectivity index is 1.24. The fourth-order valence-corrected chi connectivity index (χ4v) is 5.24. The second kappa shape index (κ2) is 9.95. The lowest BCUT2D eigenvalue weighted by molar-refractivity contribution is -0.138. The Bertz CT molecular complexity index is 758. The molecule has 0 spiro atoms. The van der Waals surface area contributed by atoms with Crippen molar-refractivity contribution in [1.29, 1.82) is 0 Å². The highest BCUT2D eigenvalue weighted by Crippen LogP contribution is 2.30. The number of piperazine rings is 2. The minimum atomic E-state index is -4.38. The first-order valence-corrected chi connectivity index (χ1v) is 11.9. The maximum atomic E-state index is 12.9. The van der Waals surface area contributed by atoms with E-state index in [-0.39, 0.29) is 11.9 Å². The molecule has 178 valence electrons. The summed E-state index contributed by atoms with van der Waals surface area (Å²) in [6.45, 7) is 7.99. The highest BCUT2D eigenvalue weighted by molar-refractivity contribution is 5.78. The number of amides is 1. The molecule has 6 nitrogen and oxygen atoms in total. The number of hydrogen-bond acceptors (Lipinski definition) is 5. The molecule has 1 aromatic rings. The van der Waals surface area contributed by atoms with Crippen molar-refractivity contribution in [3.63, 3.8) is 0 Å². The zero-order chi connectivity index (χ0) is 22.7. The number of carbonyl (C=O) groups is 1. The van der Waals surface area contributed by atoms with Gasteiger partial charge < -0.3 is 9.80 Å². The summed E-state index contributed by atoms with van der Waals surface area (Å²) in [5, 5.41) is 0. The second-order valence-corrected chi connectivity index (χ2v) is 9.38. The highest BCUT2D eigenvalue weighted by Gasteiger charge is 2.32. The predicted octanol–water partition coefficient (Wildman–Crippen LogP) is 3.09. The van der Waals surface area contributed by atoms with Crippen molar-refractivity contribution in [2.75, 3.05) is 57.3 Å². The lowest BCUT2D eigenvalue weighted by atomic mass is 9.94. The first-order valence-electron chi connectivity index (χ1n) is 11.9. The Morgan fingerprint density at radius 3 is 2.34 bits per heavy atom. The standard InChI is InChI=1S/C23H34F3N5O/c1-18-16-31(21-8-7-19(15-27-21)23(24,25)26)14-13-30(18)17-22(32)29-11-9-28(10-12-29)20-5-3-2-4-6-20/h7-8,15,18,20H,2-6,9-14,16-17H2,1H3. The minimum Gasteiger partial charge on any atom is -0.354 e. The summed E-state index contributed by atoms with van der Waals surface area (Å²) in [5.74, 6) is 0.732. The molecule has 3 heterocycles. The molecule has 0 bridgehead atoms. The average molecular weight is 454 g/mol. The van der Waals surface area contributed by atoms with Crippen LogP contribution in [0.2, 0.25) is 0 Å².